The first kappa shape index (κ1) is 12.5. The van der Waals surface area contributed by atoms with E-state index in [4.69, 9.17) is 0 Å². The van der Waals surface area contributed by atoms with Crippen LogP contribution in [0.25, 0.3) is 0 Å². The third kappa shape index (κ3) is 2.07. The molecule has 4 rings (SSSR count). The Hall–Kier alpha value is -1.26. The lowest BCUT2D eigenvalue weighted by Crippen LogP contribution is -2.14. The number of aliphatic hydroxyl groups excluding tert-OH is 1. The standard InChI is InChI=1S/C16H18N2OS/c19-16-12-7-10-3-1-2-4-11(10)8-13(12)20-14(16)9-15-17-5-6-18-15/h5-8,14,16,19H,1-4,9H2,(H,17,18)/t14-,16-/m0/s1. The summed E-state index contributed by atoms with van der Waals surface area (Å²) < 4.78 is 0. The molecular weight excluding hydrogens is 268 g/mol. The van der Waals surface area contributed by atoms with Crippen LogP contribution in [0.1, 0.15) is 41.5 Å². The number of nitrogens with zero attached hydrogens (tertiary/aromatic N) is 1. The van der Waals surface area contributed by atoms with Crippen LogP contribution in [0.5, 0.6) is 0 Å². The number of imidazole rings is 1. The summed E-state index contributed by atoms with van der Waals surface area (Å²) in [4.78, 5) is 8.68. The molecule has 2 atom stereocenters. The lowest BCUT2D eigenvalue weighted by Gasteiger charge is -2.17. The highest BCUT2D eigenvalue weighted by atomic mass is 32.2. The predicted octanol–water partition coefficient (Wildman–Crippen LogP) is 3.04. The summed E-state index contributed by atoms with van der Waals surface area (Å²) in [5.41, 5.74) is 4.08. The first-order valence-corrected chi connectivity index (χ1v) is 8.18. The second-order valence-corrected chi connectivity index (χ2v) is 6.99. The van der Waals surface area contributed by atoms with Crippen LogP contribution in [0, 0.1) is 0 Å². The lowest BCUT2D eigenvalue weighted by molar-refractivity contribution is 0.175. The summed E-state index contributed by atoms with van der Waals surface area (Å²) in [6.07, 6.45) is 8.98. The van der Waals surface area contributed by atoms with Crippen LogP contribution < -0.4 is 0 Å². The zero-order valence-electron chi connectivity index (χ0n) is 11.3. The van der Waals surface area contributed by atoms with Gasteiger partial charge in [-0.2, -0.15) is 0 Å². The minimum absolute atomic E-state index is 0.181. The molecule has 4 heteroatoms. The second kappa shape index (κ2) is 4.93. The molecule has 0 bridgehead atoms. The average molecular weight is 286 g/mol. The van der Waals surface area contributed by atoms with E-state index in [1.54, 1.807) is 18.0 Å². The van der Waals surface area contributed by atoms with Crippen LogP contribution in [0.4, 0.5) is 0 Å². The molecule has 0 saturated heterocycles. The molecule has 2 aliphatic rings. The summed E-state index contributed by atoms with van der Waals surface area (Å²) >= 11 is 1.81. The molecule has 0 spiro atoms. The maximum atomic E-state index is 10.6. The number of fused-ring (bicyclic) bond motifs is 2. The fraction of sp³-hybridized carbons (Fsp3) is 0.438. The lowest BCUT2D eigenvalue weighted by atomic mass is 9.89. The van der Waals surface area contributed by atoms with Gasteiger partial charge in [0.2, 0.25) is 0 Å². The quantitative estimate of drug-likeness (QED) is 0.892. The Bertz CT molecular complexity index is 624. The van der Waals surface area contributed by atoms with E-state index in [1.165, 1.54) is 41.7 Å². The highest BCUT2D eigenvalue weighted by molar-refractivity contribution is 8.00. The molecule has 1 aromatic carbocycles. The van der Waals surface area contributed by atoms with Gasteiger partial charge in [0.05, 0.1) is 6.10 Å². The van der Waals surface area contributed by atoms with Crippen molar-refractivity contribution in [3.05, 3.63) is 47.0 Å². The van der Waals surface area contributed by atoms with E-state index < -0.39 is 0 Å². The number of nitrogens with one attached hydrogen (secondary N) is 1. The van der Waals surface area contributed by atoms with E-state index in [-0.39, 0.29) is 11.4 Å². The molecule has 0 unspecified atom stereocenters. The minimum atomic E-state index is -0.368. The van der Waals surface area contributed by atoms with Crippen molar-refractivity contribution in [3.63, 3.8) is 0 Å². The van der Waals surface area contributed by atoms with Gasteiger partial charge in [0.15, 0.2) is 0 Å². The van der Waals surface area contributed by atoms with E-state index in [1.807, 2.05) is 6.20 Å². The van der Waals surface area contributed by atoms with Crippen molar-refractivity contribution >= 4 is 11.8 Å². The van der Waals surface area contributed by atoms with E-state index in [0.717, 1.165) is 17.8 Å². The van der Waals surface area contributed by atoms with Crippen molar-refractivity contribution in [1.29, 1.82) is 0 Å². The molecule has 104 valence electrons. The van der Waals surface area contributed by atoms with Gasteiger partial charge in [0.25, 0.3) is 0 Å². The maximum absolute atomic E-state index is 10.6. The molecule has 2 aromatic rings. The van der Waals surface area contributed by atoms with Crippen LogP contribution in [-0.4, -0.2) is 20.3 Å². The number of benzene rings is 1. The van der Waals surface area contributed by atoms with E-state index in [9.17, 15) is 5.11 Å². The van der Waals surface area contributed by atoms with Crippen LogP contribution >= 0.6 is 11.8 Å². The number of H-pyrrole nitrogens is 1. The van der Waals surface area contributed by atoms with E-state index >= 15 is 0 Å². The molecule has 2 heterocycles. The van der Waals surface area contributed by atoms with Crippen molar-refractivity contribution in [2.45, 2.75) is 48.4 Å². The molecule has 1 aliphatic heterocycles. The molecule has 1 aliphatic carbocycles. The van der Waals surface area contributed by atoms with Crippen LogP contribution in [0.3, 0.4) is 0 Å². The Morgan fingerprint density at radius 2 is 2.05 bits per heavy atom. The molecule has 1 aromatic heterocycles. The average Bonchev–Trinajstić information content (AvgIpc) is 3.07. The van der Waals surface area contributed by atoms with Gasteiger partial charge < -0.3 is 10.1 Å². The Kier molecular flexibility index (Phi) is 3.08. The minimum Gasteiger partial charge on any atom is -0.387 e. The molecule has 0 radical (unpaired) electrons. The number of hydrogen-bond acceptors (Lipinski definition) is 3. The van der Waals surface area contributed by atoms with Crippen molar-refractivity contribution < 1.29 is 5.11 Å². The number of rotatable bonds is 2. The number of aryl methyl sites for hydroxylation is 2. The summed E-state index contributed by atoms with van der Waals surface area (Å²) in [5, 5.41) is 10.8. The van der Waals surface area contributed by atoms with Crippen molar-refractivity contribution in [2.75, 3.05) is 0 Å². The van der Waals surface area contributed by atoms with Gasteiger partial charge in [0, 0.05) is 29.0 Å². The SMILES string of the molecule is O[C@H]1c2cc3c(cc2S[C@H]1Cc1ncc[nH]1)CCCC3. The monoisotopic (exact) mass is 286 g/mol. The number of aromatic amines is 1. The number of aliphatic hydroxyl groups is 1. The van der Waals surface area contributed by atoms with Gasteiger partial charge in [-0.3, -0.25) is 0 Å². The van der Waals surface area contributed by atoms with Gasteiger partial charge in [-0.05, 0) is 48.4 Å². The summed E-state index contributed by atoms with van der Waals surface area (Å²) in [6, 6.07) is 4.57. The molecular formula is C16H18N2OS. The number of thioether (sulfide) groups is 1. The molecule has 0 amide bonds. The zero-order chi connectivity index (χ0) is 13.5. The highest BCUT2D eigenvalue weighted by Gasteiger charge is 2.33. The first-order chi connectivity index (χ1) is 9.81. The predicted molar refractivity (Wildman–Crippen MR) is 80.0 cm³/mol. The second-order valence-electron chi connectivity index (χ2n) is 5.71. The molecule has 0 fully saturated rings. The summed E-state index contributed by atoms with van der Waals surface area (Å²) in [5.74, 6) is 0.958. The van der Waals surface area contributed by atoms with Gasteiger partial charge in [0.1, 0.15) is 5.82 Å². The zero-order valence-corrected chi connectivity index (χ0v) is 12.1. The van der Waals surface area contributed by atoms with Gasteiger partial charge in [-0.15, -0.1) is 11.8 Å². The molecule has 3 nitrogen and oxygen atoms in total. The van der Waals surface area contributed by atoms with Gasteiger partial charge in [-0.25, -0.2) is 4.98 Å². The van der Waals surface area contributed by atoms with Crippen molar-refractivity contribution in [2.24, 2.45) is 0 Å². The first-order valence-electron chi connectivity index (χ1n) is 7.30. The third-order valence-electron chi connectivity index (χ3n) is 4.37. The van der Waals surface area contributed by atoms with Gasteiger partial charge >= 0.3 is 0 Å². The maximum Gasteiger partial charge on any atom is 0.107 e. The Balaban J connectivity index is 1.63. The smallest absolute Gasteiger partial charge is 0.107 e. The largest absolute Gasteiger partial charge is 0.387 e. The van der Waals surface area contributed by atoms with Crippen molar-refractivity contribution in [1.82, 2.24) is 9.97 Å². The van der Waals surface area contributed by atoms with E-state index in [2.05, 4.69) is 22.1 Å². The Morgan fingerprint density at radius 3 is 2.80 bits per heavy atom. The van der Waals surface area contributed by atoms with Crippen molar-refractivity contribution in [3.8, 4) is 0 Å². The van der Waals surface area contributed by atoms with Crippen LogP contribution in [-0.2, 0) is 19.3 Å². The van der Waals surface area contributed by atoms with E-state index in [0.29, 0.717) is 0 Å². The Morgan fingerprint density at radius 1 is 1.25 bits per heavy atom. The summed E-state index contributed by atoms with van der Waals surface area (Å²) in [7, 11) is 0. The number of hydrogen-bond donors (Lipinski definition) is 2. The molecule has 20 heavy (non-hydrogen) atoms. The number of aromatic nitrogens is 2. The van der Waals surface area contributed by atoms with Crippen LogP contribution in [0.2, 0.25) is 0 Å². The Labute approximate surface area is 122 Å². The molecule has 2 N–H and O–H groups in total. The molecule has 0 saturated carbocycles. The fourth-order valence-electron chi connectivity index (χ4n) is 3.30. The van der Waals surface area contributed by atoms with Gasteiger partial charge in [-0.1, -0.05) is 6.07 Å². The fourth-order valence-corrected chi connectivity index (χ4v) is 4.67. The normalized spacial score (nSPS) is 24.4. The highest BCUT2D eigenvalue weighted by Crippen LogP contribution is 2.46. The topological polar surface area (TPSA) is 48.9 Å². The summed E-state index contributed by atoms with van der Waals surface area (Å²) in [6.45, 7) is 0. The van der Waals surface area contributed by atoms with Crippen LogP contribution in [0.15, 0.2) is 29.4 Å². The third-order valence-corrected chi connectivity index (χ3v) is 5.71.